The Morgan fingerprint density at radius 2 is 2.26 bits per heavy atom. The van der Waals surface area contributed by atoms with E-state index in [9.17, 15) is 9.18 Å². The summed E-state index contributed by atoms with van der Waals surface area (Å²) in [6, 6.07) is 6.30. The number of halogens is 1. The first-order valence-corrected chi connectivity index (χ1v) is 5.92. The fraction of sp³-hybridized carbons (Fsp3) is 0.143. The lowest BCUT2D eigenvalue weighted by Gasteiger charge is -2.02. The summed E-state index contributed by atoms with van der Waals surface area (Å²) in [7, 11) is 0. The van der Waals surface area contributed by atoms with Crippen LogP contribution in [0.15, 0.2) is 49.1 Å². The van der Waals surface area contributed by atoms with Crippen molar-refractivity contribution in [3.8, 4) is 0 Å². The number of nitrogens with one attached hydrogen (secondary N) is 1. The van der Waals surface area contributed by atoms with Gasteiger partial charge in [0.2, 0.25) is 5.91 Å². The van der Waals surface area contributed by atoms with E-state index in [2.05, 4.69) is 10.3 Å². The van der Waals surface area contributed by atoms with Crippen LogP contribution in [-0.2, 0) is 11.3 Å². The zero-order valence-electron chi connectivity index (χ0n) is 10.3. The Kier molecular flexibility index (Phi) is 4.44. The molecule has 5 heteroatoms. The second-order valence-electron chi connectivity index (χ2n) is 3.95. The van der Waals surface area contributed by atoms with E-state index < -0.39 is 0 Å². The van der Waals surface area contributed by atoms with Crippen molar-refractivity contribution in [2.75, 3.05) is 6.54 Å². The third kappa shape index (κ3) is 4.06. The third-order valence-electron chi connectivity index (χ3n) is 2.55. The van der Waals surface area contributed by atoms with Crippen LogP contribution in [0.1, 0.15) is 5.56 Å². The van der Waals surface area contributed by atoms with Crippen LogP contribution in [0.4, 0.5) is 4.39 Å². The molecule has 1 heterocycles. The molecule has 98 valence electrons. The second-order valence-corrected chi connectivity index (χ2v) is 3.95. The van der Waals surface area contributed by atoms with Crippen molar-refractivity contribution in [1.82, 2.24) is 14.9 Å². The summed E-state index contributed by atoms with van der Waals surface area (Å²) in [5.41, 5.74) is 0.396. The van der Waals surface area contributed by atoms with Gasteiger partial charge in [-0.2, -0.15) is 0 Å². The standard InChI is InChI=1S/C14H14FN3O/c15-13-4-2-1-3-12(13)5-6-14(19)17-8-10-18-9-7-16-11-18/h1-7,9,11H,8,10H2,(H,17,19)/b6-5+. The highest BCUT2D eigenvalue weighted by Gasteiger charge is 1.98. The minimum Gasteiger partial charge on any atom is -0.351 e. The summed E-state index contributed by atoms with van der Waals surface area (Å²) in [6.07, 6.45) is 7.97. The van der Waals surface area contributed by atoms with Gasteiger partial charge in [-0.1, -0.05) is 18.2 Å². The highest BCUT2D eigenvalue weighted by atomic mass is 19.1. The lowest BCUT2D eigenvalue weighted by atomic mass is 10.2. The summed E-state index contributed by atoms with van der Waals surface area (Å²) >= 11 is 0. The average molecular weight is 259 g/mol. The number of amides is 1. The molecule has 0 radical (unpaired) electrons. The number of hydrogen-bond acceptors (Lipinski definition) is 2. The zero-order chi connectivity index (χ0) is 13.5. The summed E-state index contributed by atoms with van der Waals surface area (Å²) in [6.45, 7) is 1.15. The topological polar surface area (TPSA) is 46.9 Å². The molecule has 1 aromatic carbocycles. The van der Waals surface area contributed by atoms with Crippen LogP contribution in [0.3, 0.4) is 0 Å². The number of hydrogen-bond donors (Lipinski definition) is 1. The van der Waals surface area contributed by atoms with Gasteiger partial charge in [-0.3, -0.25) is 4.79 Å². The molecule has 4 nitrogen and oxygen atoms in total. The van der Waals surface area contributed by atoms with Crippen LogP contribution in [0.2, 0.25) is 0 Å². The van der Waals surface area contributed by atoms with Gasteiger partial charge in [-0.25, -0.2) is 9.37 Å². The second kappa shape index (κ2) is 6.49. The zero-order valence-corrected chi connectivity index (χ0v) is 10.3. The minimum atomic E-state index is -0.343. The first kappa shape index (κ1) is 13.0. The number of carbonyl (C=O) groups excluding carboxylic acids is 1. The number of aromatic nitrogens is 2. The molecule has 0 aliphatic carbocycles. The molecule has 0 saturated carbocycles. The fourth-order valence-corrected chi connectivity index (χ4v) is 1.56. The van der Waals surface area contributed by atoms with Crippen molar-refractivity contribution < 1.29 is 9.18 Å². The quantitative estimate of drug-likeness (QED) is 0.833. The van der Waals surface area contributed by atoms with Gasteiger partial charge in [0.25, 0.3) is 0 Å². The van der Waals surface area contributed by atoms with Crippen LogP contribution in [0.25, 0.3) is 6.08 Å². The Hall–Kier alpha value is -2.43. The van der Waals surface area contributed by atoms with E-state index in [1.54, 1.807) is 30.7 Å². The first-order valence-electron chi connectivity index (χ1n) is 5.92. The molecule has 2 rings (SSSR count). The Labute approximate surface area is 110 Å². The monoisotopic (exact) mass is 259 g/mol. The Morgan fingerprint density at radius 3 is 3.00 bits per heavy atom. The van der Waals surface area contributed by atoms with Crippen LogP contribution >= 0.6 is 0 Å². The lowest BCUT2D eigenvalue weighted by Crippen LogP contribution is -2.25. The fourth-order valence-electron chi connectivity index (χ4n) is 1.56. The predicted octanol–water partition coefficient (Wildman–Crippen LogP) is 1.85. The van der Waals surface area contributed by atoms with Crippen LogP contribution in [0, 0.1) is 5.82 Å². The maximum absolute atomic E-state index is 13.3. The van der Waals surface area contributed by atoms with Gasteiger partial charge in [0.1, 0.15) is 5.82 Å². The average Bonchev–Trinajstić information content (AvgIpc) is 2.91. The predicted molar refractivity (Wildman–Crippen MR) is 70.7 cm³/mol. The molecule has 0 unspecified atom stereocenters. The van der Waals surface area contributed by atoms with Crippen LogP contribution < -0.4 is 5.32 Å². The van der Waals surface area contributed by atoms with E-state index in [4.69, 9.17) is 0 Å². The summed E-state index contributed by atoms with van der Waals surface area (Å²) < 4.78 is 15.1. The molecule has 1 aromatic heterocycles. The molecule has 2 aromatic rings. The highest BCUT2D eigenvalue weighted by Crippen LogP contribution is 2.07. The number of nitrogens with zero attached hydrogens (tertiary/aromatic N) is 2. The number of rotatable bonds is 5. The molecular formula is C14H14FN3O. The number of imidazole rings is 1. The van der Waals surface area contributed by atoms with E-state index in [0.29, 0.717) is 18.7 Å². The van der Waals surface area contributed by atoms with Crippen molar-refractivity contribution in [3.63, 3.8) is 0 Å². The highest BCUT2D eigenvalue weighted by molar-refractivity contribution is 5.91. The van der Waals surface area contributed by atoms with Gasteiger partial charge < -0.3 is 9.88 Å². The van der Waals surface area contributed by atoms with Gasteiger partial charge >= 0.3 is 0 Å². The van der Waals surface area contributed by atoms with E-state index in [1.165, 1.54) is 18.2 Å². The van der Waals surface area contributed by atoms with Crippen molar-refractivity contribution in [2.24, 2.45) is 0 Å². The Bertz CT molecular complexity index is 564. The third-order valence-corrected chi connectivity index (χ3v) is 2.55. The molecule has 0 saturated heterocycles. The maximum Gasteiger partial charge on any atom is 0.244 e. The molecule has 19 heavy (non-hydrogen) atoms. The normalized spacial score (nSPS) is 10.8. The van der Waals surface area contributed by atoms with Crippen molar-refractivity contribution in [1.29, 1.82) is 0 Å². The molecule has 0 atom stereocenters. The molecule has 1 amide bonds. The van der Waals surface area contributed by atoms with Gasteiger partial charge in [-0.05, 0) is 12.1 Å². The number of carbonyl (C=O) groups is 1. The van der Waals surface area contributed by atoms with Crippen molar-refractivity contribution >= 4 is 12.0 Å². The van der Waals surface area contributed by atoms with Crippen LogP contribution in [0.5, 0.6) is 0 Å². The molecule has 0 aliphatic heterocycles. The SMILES string of the molecule is O=C(/C=C/c1ccccc1F)NCCn1ccnc1. The molecule has 0 fully saturated rings. The van der Waals surface area contributed by atoms with Crippen LogP contribution in [-0.4, -0.2) is 22.0 Å². The number of benzene rings is 1. The summed E-state index contributed by atoms with van der Waals surface area (Å²) in [4.78, 5) is 15.4. The van der Waals surface area contributed by atoms with Crippen molar-refractivity contribution in [2.45, 2.75) is 6.54 Å². The summed E-state index contributed by atoms with van der Waals surface area (Å²) in [5, 5.41) is 2.71. The van der Waals surface area contributed by atoms with E-state index in [1.807, 2.05) is 10.8 Å². The maximum atomic E-state index is 13.3. The summed E-state index contributed by atoms with van der Waals surface area (Å²) in [5.74, 6) is -0.590. The van der Waals surface area contributed by atoms with Gasteiger partial charge in [0.05, 0.1) is 6.33 Å². The van der Waals surface area contributed by atoms with E-state index >= 15 is 0 Å². The smallest absolute Gasteiger partial charge is 0.244 e. The van der Waals surface area contributed by atoms with E-state index in [-0.39, 0.29) is 11.7 Å². The van der Waals surface area contributed by atoms with Gasteiger partial charge in [0, 0.05) is 37.1 Å². The van der Waals surface area contributed by atoms with E-state index in [0.717, 1.165) is 0 Å². The molecule has 0 aliphatic rings. The molecular weight excluding hydrogens is 245 g/mol. The minimum absolute atomic E-state index is 0.247. The molecule has 1 N–H and O–H groups in total. The lowest BCUT2D eigenvalue weighted by molar-refractivity contribution is -0.116. The molecule has 0 bridgehead atoms. The largest absolute Gasteiger partial charge is 0.351 e. The van der Waals surface area contributed by atoms with Gasteiger partial charge in [-0.15, -0.1) is 0 Å². The first-order chi connectivity index (χ1) is 9.25. The molecule has 0 spiro atoms. The Morgan fingerprint density at radius 1 is 1.42 bits per heavy atom. The van der Waals surface area contributed by atoms with Crippen molar-refractivity contribution in [3.05, 3.63) is 60.4 Å². The Balaban J connectivity index is 1.79. The van der Waals surface area contributed by atoms with Gasteiger partial charge in [0.15, 0.2) is 0 Å².